The van der Waals surface area contributed by atoms with E-state index < -0.39 is 0 Å². The van der Waals surface area contributed by atoms with Crippen molar-refractivity contribution < 1.29 is 4.74 Å². The second-order valence-electron chi connectivity index (χ2n) is 4.55. The fraction of sp³-hybridized carbons (Fsp3) is 0.900. The van der Waals surface area contributed by atoms with Crippen molar-refractivity contribution >= 4 is 5.96 Å². The molecular weight excluding hydrogens is 178 g/mol. The summed E-state index contributed by atoms with van der Waals surface area (Å²) in [6.45, 7) is 5.02. The van der Waals surface area contributed by atoms with Gasteiger partial charge in [-0.1, -0.05) is 0 Å². The lowest BCUT2D eigenvalue weighted by atomic mass is 9.95. The number of nitrogens with two attached hydrogens (primary N) is 1. The van der Waals surface area contributed by atoms with Gasteiger partial charge in [0.1, 0.15) is 0 Å². The van der Waals surface area contributed by atoms with E-state index in [2.05, 4.69) is 24.2 Å². The Morgan fingerprint density at radius 3 is 2.79 bits per heavy atom. The Morgan fingerprint density at radius 2 is 2.29 bits per heavy atom. The van der Waals surface area contributed by atoms with Crippen LogP contribution < -0.4 is 11.1 Å². The molecule has 3 N–H and O–H groups in total. The molecule has 14 heavy (non-hydrogen) atoms. The third-order valence-electron chi connectivity index (χ3n) is 3.17. The van der Waals surface area contributed by atoms with Gasteiger partial charge in [-0.05, 0) is 33.1 Å². The zero-order valence-corrected chi connectivity index (χ0v) is 8.92. The number of nitrogens with zero attached hydrogens (tertiary/aromatic N) is 1. The maximum Gasteiger partial charge on any atom is 0.189 e. The zero-order valence-electron chi connectivity index (χ0n) is 8.92. The van der Waals surface area contributed by atoms with Crippen LogP contribution in [-0.4, -0.2) is 30.3 Å². The van der Waals surface area contributed by atoms with Crippen molar-refractivity contribution in [3.8, 4) is 0 Å². The fourth-order valence-corrected chi connectivity index (χ4v) is 1.72. The minimum Gasteiger partial charge on any atom is -0.376 e. The summed E-state index contributed by atoms with van der Waals surface area (Å²) >= 11 is 0. The van der Waals surface area contributed by atoms with Crippen molar-refractivity contribution in [3.05, 3.63) is 0 Å². The van der Waals surface area contributed by atoms with Crippen molar-refractivity contribution in [1.29, 1.82) is 0 Å². The Hall–Kier alpha value is -0.770. The highest BCUT2D eigenvalue weighted by Crippen LogP contribution is 2.26. The van der Waals surface area contributed by atoms with Crippen molar-refractivity contribution in [2.75, 3.05) is 6.61 Å². The van der Waals surface area contributed by atoms with E-state index in [1.807, 2.05) is 0 Å². The van der Waals surface area contributed by atoms with Crippen molar-refractivity contribution in [2.24, 2.45) is 10.7 Å². The average Bonchev–Trinajstić information content (AvgIpc) is 2.82. The van der Waals surface area contributed by atoms with Gasteiger partial charge < -0.3 is 15.8 Å². The summed E-state index contributed by atoms with van der Waals surface area (Å²) in [6, 6.07) is 0.476. The molecule has 2 atom stereocenters. The highest BCUT2D eigenvalue weighted by atomic mass is 16.5. The molecule has 0 aromatic heterocycles. The maximum atomic E-state index is 5.83. The SMILES string of the molecule is CC1OCCC1(C)NC(N)=NC1CC1. The van der Waals surface area contributed by atoms with E-state index >= 15 is 0 Å². The number of hydrogen-bond acceptors (Lipinski definition) is 2. The summed E-state index contributed by atoms with van der Waals surface area (Å²) in [5.41, 5.74) is 5.79. The lowest BCUT2D eigenvalue weighted by molar-refractivity contribution is 0.0947. The molecule has 0 radical (unpaired) electrons. The van der Waals surface area contributed by atoms with Crippen LogP contribution in [0.2, 0.25) is 0 Å². The van der Waals surface area contributed by atoms with Crippen molar-refractivity contribution in [3.63, 3.8) is 0 Å². The molecule has 0 aromatic carbocycles. The molecule has 0 aromatic rings. The van der Waals surface area contributed by atoms with Gasteiger partial charge in [0.25, 0.3) is 0 Å². The number of nitrogens with one attached hydrogen (secondary N) is 1. The Kier molecular flexibility index (Phi) is 2.39. The number of rotatable bonds is 2. The quantitative estimate of drug-likeness (QED) is 0.504. The molecule has 4 heteroatoms. The third kappa shape index (κ3) is 2.00. The van der Waals surface area contributed by atoms with Crippen LogP contribution in [-0.2, 0) is 4.74 Å². The summed E-state index contributed by atoms with van der Waals surface area (Å²) in [7, 11) is 0. The smallest absolute Gasteiger partial charge is 0.189 e. The van der Waals surface area contributed by atoms with Crippen LogP contribution in [0.5, 0.6) is 0 Å². The van der Waals surface area contributed by atoms with Gasteiger partial charge in [0.15, 0.2) is 5.96 Å². The van der Waals surface area contributed by atoms with Gasteiger partial charge in [0, 0.05) is 6.61 Å². The predicted molar refractivity (Wildman–Crippen MR) is 56.2 cm³/mol. The molecule has 4 nitrogen and oxygen atoms in total. The predicted octanol–water partition coefficient (Wildman–Crippen LogP) is 0.621. The molecule has 1 heterocycles. The summed E-state index contributed by atoms with van der Waals surface area (Å²) < 4.78 is 5.52. The molecule has 0 amide bonds. The molecule has 2 aliphatic rings. The highest BCUT2D eigenvalue weighted by Gasteiger charge is 2.37. The monoisotopic (exact) mass is 197 g/mol. The molecule has 2 fully saturated rings. The summed E-state index contributed by atoms with van der Waals surface area (Å²) in [6.07, 6.45) is 3.57. The summed E-state index contributed by atoms with van der Waals surface area (Å²) in [5.74, 6) is 0.576. The normalized spacial score (nSPS) is 38.7. The first-order chi connectivity index (χ1) is 6.60. The van der Waals surface area contributed by atoms with Gasteiger partial charge in [-0.25, -0.2) is 0 Å². The molecule has 2 rings (SSSR count). The molecule has 1 saturated carbocycles. The molecule has 80 valence electrons. The minimum atomic E-state index is -0.0392. The first-order valence-electron chi connectivity index (χ1n) is 5.33. The van der Waals surface area contributed by atoms with Gasteiger partial charge in [-0.2, -0.15) is 0 Å². The van der Waals surface area contributed by atoms with Gasteiger partial charge in [0.05, 0.1) is 17.7 Å². The average molecular weight is 197 g/mol. The van der Waals surface area contributed by atoms with Crippen LogP contribution in [0, 0.1) is 0 Å². The minimum absolute atomic E-state index is 0.0392. The Labute approximate surface area is 84.9 Å². The highest BCUT2D eigenvalue weighted by molar-refractivity contribution is 5.79. The van der Waals surface area contributed by atoms with Crippen LogP contribution in [0.3, 0.4) is 0 Å². The van der Waals surface area contributed by atoms with Crippen molar-refractivity contribution in [1.82, 2.24) is 5.32 Å². The van der Waals surface area contributed by atoms with Gasteiger partial charge in [0.2, 0.25) is 0 Å². The first kappa shape index (κ1) is 9.77. The Morgan fingerprint density at radius 1 is 1.57 bits per heavy atom. The zero-order chi connectivity index (χ0) is 10.2. The Bertz CT molecular complexity index is 250. The Balaban J connectivity index is 1.94. The van der Waals surface area contributed by atoms with Crippen LogP contribution in [0.25, 0.3) is 0 Å². The number of guanidine groups is 1. The largest absolute Gasteiger partial charge is 0.376 e. The second kappa shape index (κ2) is 3.42. The molecule has 1 saturated heterocycles. The van der Waals surface area contributed by atoms with E-state index in [0.717, 1.165) is 13.0 Å². The number of hydrogen-bond donors (Lipinski definition) is 2. The van der Waals surface area contributed by atoms with Crippen molar-refractivity contribution in [2.45, 2.75) is 50.8 Å². The van der Waals surface area contributed by atoms with Gasteiger partial charge >= 0.3 is 0 Å². The standard InChI is InChI=1S/C10H19N3O/c1-7-10(2,5-6-14-7)13-9(11)12-8-3-4-8/h7-8H,3-6H2,1-2H3,(H3,11,12,13). The van der Waals surface area contributed by atoms with Crippen LogP contribution in [0.1, 0.15) is 33.1 Å². The van der Waals surface area contributed by atoms with E-state index in [0.29, 0.717) is 12.0 Å². The number of aliphatic imine (C=N–C) groups is 1. The van der Waals surface area contributed by atoms with E-state index in [9.17, 15) is 0 Å². The molecule has 1 aliphatic carbocycles. The lowest BCUT2D eigenvalue weighted by Crippen LogP contribution is -2.53. The molecule has 0 bridgehead atoms. The molecule has 2 unspecified atom stereocenters. The van der Waals surface area contributed by atoms with E-state index in [1.54, 1.807) is 0 Å². The van der Waals surface area contributed by atoms with Gasteiger partial charge in [-0.15, -0.1) is 0 Å². The third-order valence-corrected chi connectivity index (χ3v) is 3.17. The molecular formula is C10H19N3O. The summed E-state index contributed by atoms with van der Waals surface area (Å²) in [4.78, 5) is 4.36. The van der Waals surface area contributed by atoms with E-state index in [4.69, 9.17) is 10.5 Å². The van der Waals surface area contributed by atoms with E-state index in [1.165, 1.54) is 12.8 Å². The number of ether oxygens (including phenoxy) is 1. The fourth-order valence-electron chi connectivity index (χ4n) is 1.72. The second-order valence-corrected chi connectivity index (χ2v) is 4.55. The van der Waals surface area contributed by atoms with Crippen LogP contribution in [0.15, 0.2) is 4.99 Å². The molecule has 1 aliphatic heterocycles. The first-order valence-corrected chi connectivity index (χ1v) is 5.33. The van der Waals surface area contributed by atoms with E-state index in [-0.39, 0.29) is 11.6 Å². The maximum absolute atomic E-state index is 5.83. The summed E-state index contributed by atoms with van der Waals surface area (Å²) in [5, 5.41) is 3.28. The molecule has 0 spiro atoms. The lowest BCUT2D eigenvalue weighted by Gasteiger charge is -2.29. The topological polar surface area (TPSA) is 59.6 Å². The van der Waals surface area contributed by atoms with Crippen LogP contribution >= 0.6 is 0 Å². The van der Waals surface area contributed by atoms with Crippen LogP contribution in [0.4, 0.5) is 0 Å². The van der Waals surface area contributed by atoms with Gasteiger partial charge in [-0.3, -0.25) is 4.99 Å².